The van der Waals surface area contributed by atoms with Gasteiger partial charge >= 0.3 is 23.9 Å². The van der Waals surface area contributed by atoms with Gasteiger partial charge in [0.25, 0.3) is 5.91 Å². The molecule has 222 valence electrons. The first-order valence-corrected chi connectivity index (χ1v) is 12.7. The molecule has 0 radical (unpaired) electrons. The molecule has 39 heavy (non-hydrogen) atoms. The van der Waals surface area contributed by atoms with E-state index >= 15 is 0 Å². The average molecular weight is 559 g/mol. The van der Waals surface area contributed by atoms with E-state index in [1.807, 2.05) is 18.7 Å². The number of hydrogen-bond acceptors (Lipinski definition) is 12. The summed E-state index contributed by atoms with van der Waals surface area (Å²) in [5.74, 6) is -3.21. The number of ether oxygens (including phenoxy) is 6. The Kier molecular flexibility index (Phi) is 19.8. The lowest BCUT2D eigenvalue weighted by atomic mass is 10.3. The van der Waals surface area contributed by atoms with E-state index in [2.05, 4.69) is 4.74 Å². The Morgan fingerprint density at radius 2 is 1.28 bits per heavy atom. The van der Waals surface area contributed by atoms with Crippen molar-refractivity contribution >= 4 is 29.8 Å². The van der Waals surface area contributed by atoms with Crippen molar-refractivity contribution in [1.29, 1.82) is 0 Å². The molecule has 0 fully saturated rings. The second-order valence-corrected chi connectivity index (χ2v) is 8.10. The van der Waals surface area contributed by atoms with Crippen LogP contribution in [0.5, 0.6) is 0 Å². The van der Waals surface area contributed by atoms with Crippen LogP contribution in [0, 0.1) is 0 Å². The lowest BCUT2D eigenvalue weighted by molar-refractivity contribution is -0.155. The van der Waals surface area contributed by atoms with Gasteiger partial charge in [0.15, 0.2) is 6.10 Å². The lowest BCUT2D eigenvalue weighted by Crippen LogP contribution is -2.39. The summed E-state index contributed by atoms with van der Waals surface area (Å²) in [7, 11) is 2.78. The molecular formula is C26H42N2O11. The molecule has 0 saturated carbocycles. The maximum Gasteiger partial charge on any atom is 0.331 e. The topological polar surface area (TPSA) is 147 Å². The van der Waals surface area contributed by atoms with E-state index in [1.54, 1.807) is 14.0 Å². The van der Waals surface area contributed by atoms with E-state index in [4.69, 9.17) is 23.7 Å². The standard InChI is InChI=1S/C26H42N2O11/c1-7-28(8-2)26(33)21(4)39-25(32)12-10-23(30)37-18-17-36-16-14-27(13-15-34-5)19-20(3)38-24(31)11-9-22(29)35-6/h9-12,20-21H,7-8,13-19H2,1-6H3/b11-9+,12-10+/t20-,21+/m0/s1. The van der Waals surface area contributed by atoms with Crippen LogP contribution in [0.25, 0.3) is 0 Å². The van der Waals surface area contributed by atoms with Crippen LogP contribution in [-0.2, 0) is 52.4 Å². The minimum Gasteiger partial charge on any atom is -0.466 e. The highest BCUT2D eigenvalue weighted by Crippen LogP contribution is 2.01. The zero-order valence-electron chi connectivity index (χ0n) is 23.7. The van der Waals surface area contributed by atoms with Gasteiger partial charge in [0.2, 0.25) is 0 Å². The van der Waals surface area contributed by atoms with Gasteiger partial charge < -0.3 is 33.3 Å². The molecule has 0 bridgehead atoms. The molecule has 13 heteroatoms. The van der Waals surface area contributed by atoms with Crippen LogP contribution in [0.3, 0.4) is 0 Å². The van der Waals surface area contributed by atoms with Gasteiger partial charge in [0.1, 0.15) is 12.7 Å². The second-order valence-electron chi connectivity index (χ2n) is 8.10. The molecule has 0 aromatic rings. The highest BCUT2D eigenvalue weighted by atomic mass is 16.6. The number of esters is 4. The van der Waals surface area contributed by atoms with Crippen molar-refractivity contribution < 1.29 is 52.4 Å². The van der Waals surface area contributed by atoms with E-state index in [9.17, 15) is 24.0 Å². The number of methoxy groups -OCH3 is 2. The number of likely N-dealkylation sites (N-methyl/N-ethyl adjacent to an activating group) is 1. The Hall–Kier alpha value is -3.29. The summed E-state index contributed by atoms with van der Waals surface area (Å²) in [6.45, 7) is 10.1. The minimum absolute atomic E-state index is 0.0340. The van der Waals surface area contributed by atoms with Crippen molar-refractivity contribution in [3.63, 3.8) is 0 Å². The van der Waals surface area contributed by atoms with Gasteiger partial charge in [-0.1, -0.05) is 0 Å². The molecule has 0 aliphatic rings. The van der Waals surface area contributed by atoms with E-state index in [1.165, 1.54) is 18.9 Å². The lowest BCUT2D eigenvalue weighted by Gasteiger charge is -2.25. The molecule has 0 aromatic carbocycles. The molecule has 0 saturated heterocycles. The Bertz CT molecular complexity index is 825. The molecule has 2 atom stereocenters. The number of carbonyl (C=O) groups excluding carboxylic acids is 5. The largest absolute Gasteiger partial charge is 0.466 e. The first-order chi connectivity index (χ1) is 18.6. The maximum atomic E-state index is 12.1. The van der Waals surface area contributed by atoms with Gasteiger partial charge in [-0.3, -0.25) is 9.69 Å². The van der Waals surface area contributed by atoms with Crippen molar-refractivity contribution in [3.05, 3.63) is 24.3 Å². The summed E-state index contributed by atoms with van der Waals surface area (Å²) < 4.78 is 30.3. The first-order valence-electron chi connectivity index (χ1n) is 12.7. The molecular weight excluding hydrogens is 516 g/mol. The van der Waals surface area contributed by atoms with Gasteiger partial charge in [-0.25, -0.2) is 19.2 Å². The van der Waals surface area contributed by atoms with E-state index in [0.29, 0.717) is 45.9 Å². The third kappa shape index (κ3) is 17.8. The molecule has 0 aromatic heterocycles. The van der Waals surface area contributed by atoms with E-state index in [0.717, 1.165) is 24.3 Å². The van der Waals surface area contributed by atoms with Crippen LogP contribution in [0.15, 0.2) is 24.3 Å². The van der Waals surface area contributed by atoms with Gasteiger partial charge in [0, 0.05) is 64.1 Å². The number of nitrogens with zero attached hydrogens (tertiary/aromatic N) is 2. The van der Waals surface area contributed by atoms with Gasteiger partial charge in [0.05, 0.1) is 26.9 Å². The van der Waals surface area contributed by atoms with Crippen molar-refractivity contribution in [2.45, 2.75) is 39.9 Å². The molecule has 13 nitrogen and oxygen atoms in total. The Morgan fingerprint density at radius 1 is 0.718 bits per heavy atom. The van der Waals surface area contributed by atoms with Crippen molar-refractivity contribution in [1.82, 2.24) is 9.80 Å². The number of amides is 1. The molecule has 0 rings (SSSR count). The molecule has 0 heterocycles. The minimum atomic E-state index is -0.964. The fourth-order valence-corrected chi connectivity index (χ4v) is 3.09. The second kappa shape index (κ2) is 21.6. The van der Waals surface area contributed by atoms with Crippen molar-refractivity contribution in [2.24, 2.45) is 0 Å². The van der Waals surface area contributed by atoms with Crippen molar-refractivity contribution in [2.75, 3.05) is 73.4 Å². The highest BCUT2D eigenvalue weighted by Gasteiger charge is 2.21. The van der Waals surface area contributed by atoms with Crippen LogP contribution < -0.4 is 0 Å². The van der Waals surface area contributed by atoms with Gasteiger partial charge in [-0.15, -0.1) is 0 Å². The van der Waals surface area contributed by atoms with Crippen LogP contribution >= 0.6 is 0 Å². The van der Waals surface area contributed by atoms with Crippen LogP contribution in [0.2, 0.25) is 0 Å². The maximum absolute atomic E-state index is 12.1. The zero-order valence-corrected chi connectivity index (χ0v) is 23.7. The Morgan fingerprint density at radius 3 is 1.87 bits per heavy atom. The molecule has 0 unspecified atom stereocenters. The monoisotopic (exact) mass is 558 g/mol. The predicted molar refractivity (Wildman–Crippen MR) is 139 cm³/mol. The number of rotatable bonds is 20. The predicted octanol–water partition coefficient (Wildman–Crippen LogP) is 0.512. The molecule has 0 aliphatic heterocycles. The Labute approximate surface area is 229 Å². The third-order valence-electron chi connectivity index (χ3n) is 5.10. The molecule has 0 N–H and O–H groups in total. The molecule has 0 spiro atoms. The summed E-state index contributed by atoms with van der Waals surface area (Å²) in [5.41, 5.74) is 0. The van der Waals surface area contributed by atoms with Crippen LogP contribution in [-0.4, -0.2) is 125 Å². The first kappa shape index (κ1) is 35.7. The summed E-state index contributed by atoms with van der Waals surface area (Å²) in [5, 5.41) is 0. The number of hydrogen-bond donors (Lipinski definition) is 0. The SMILES string of the molecule is CCN(CC)C(=O)[C@@H](C)OC(=O)/C=C/C(=O)OCCOCCN(CCOC)C[C@H](C)OC(=O)/C=C/C(=O)OC. The fourth-order valence-electron chi connectivity index (χ4n) is 3.09. The summed E-state index contributed by atoms with van der Waals surface area (Å²) in [6, 6.07) is 0. The molecule has 1 amide bonds. The fraction of sp³-hybridized carbons (Fsp3) is 0.654. The van der Waals surface area contributed by atoms with Gasteiger partial charge in [-0.05, 0) is 27.7 Å². The molecule has 0 aliphatic carbocycles. The smallest absolute Gasteiger partial charge is 0.331 e. The average Bonchev–Trinajstić information content (AvgIpc) is 2.91. The Balaban J connectivity index is 4.34. The third-order valence-corrected chi connectivity index (χ3v) is 5.10. The highest BCUT2D eigenvalue weighted by molar-refractivity contribution is 5.93. The quantitative estimate of drug-likeness (QED) is 0.0887. The van der Waals surface area contributed by atoms with Crippen LogP contribution in [0.4, 0.5) is 0 Å². The summed E-state index contributed by atoms with van der Waals surface area (Å²) >= 11 is 0. The normalized spacial score (nSPS) is 12.8. The number of carbonyl (C=O) groups is 5. The summed E-state index contributed by atoms with van der Waals surface area (Å²) in [6.07, 6.45) is 2.38. The van der Waals surface area contributed by atoms with Crippen molar-refractivity contribution in [3.8, 4) is 0 Å². The van der Waals surface area contributed by atoms with Gasteiger partial charge in [-0.2, -0.15) is 0 Å². The van der Waals surface area contributed by atoms with E-state index < -0.39 is 36.1 Å². The van der Waals surface area contributed by atoms with Crippen LogP contribution in [0.1, 0.15) is 27.7 Å². The van der Waals surface area contributed by atoms with E-state index in [-0.39, 0.29) is 19.1 Å². The summed E-state index contributed by atoms with van der Waals surface area (Å²) in [4.78, 5) is 62.1. The zero-order chi connectivity index (χ0) is 29.6.